The molecule has 0 saturated heterocycles. The number of hydrogen-bond acceptors (Lipinski definition) is 2. The van der Waals surface area contributed by atoms with Gasteiger partial charge < -0.3 is 10.2 Å². The second kappa shape index (κ2) is 2.21. The van der Waals surface area contributed by atoms with Crippen molar-refractivity contribution in [3.63, 3.8) is 0 Å². The zero-order valence-electron chi connectivity index (χ0n) is 6.03. The predicted octanol–water partition coefficient (Wildman–Crippen LogP) is 0.528. The Kier molecular flexibility index (Phi) is 1.46. The van der Waals surface area contributed by atoms with Gasteiger partial charge in [0.25, 0.3) is 0 Å². The third-order valence-corrected chi connectivity index (χ3v) is 3.10. The summed E-state index contributed by atoms with van der Waals surface area (Å²) in [7, 11) is 0. The van der Waals surface area contributed by atoms with E-state index in [0.717, 1.165) is 12.8 Å². The second-order valence-electron chi connectivity index (χ2n) is 3.65. The first-order chi connectivity index (χ1) is 4.79. The van der Waals surface area contributed by atoms with Crippen molar-refractivity contribution in [1.82, 2.24) is 0 Å². The highest BCUT2D eigenvalue weighted by Gasteiger charge is 2.43. The zero-order chi connectivity index (χ0) is 7.14. The van der Waals surface area contributed by atoms with Gasteiger partial charge in [0, 0.05) is 0 Å². The minimum Gasteiger partial charge on any atom is -0.390 e. The molecule has 4 atom stereocenters. The van der Waals surface area contributed by atoms with Crippen molar-refractivity contribution in [2.24, 2.45) is 11.8 Å². The summed E-state index contributed by atoms with van der Waals surface area (Å²) in [6.45, 7) is 0. The standard InChI is InChI=1S/C8H14O2/c9-7-4-5-2-1-3-6(5)8(7)10/h5-10H,1-4H2. The van der Waals surface area contributed by atoms with Crippen LogP contribution in [-0.4, -0.2) is 22.4 Å². The minimum atomic E-state index is -0.421. The predicted molar refractivity (Wildman–Crippen MR) is 37.5 cm³/mol. The highest BCUT2D eigenvalue weighted by Crippen LogP contribution is 2.43. The number of rotatable bonds is 0. The average Bonchev–Trinajstić information content (AvgIpc) is 2.41. The van der Waals surface area contributed by atoms with Crippen LogP contribution in [0.4, 0.5) is 0 Å². The van der Waals surface area contributed by atoms with E-state index in [4.69, 9.17) is 0 Å². The monoisotopic (exact) mass is 142 g/mol. The normalized spacial score (nSPS) is 53.4. The van der Waals surface area contributed by atoms with E-state index in [-0.39, 0.29) is 0 Å². The molecule has 2 N–H and O–H groups in total. The third kappa shape index (κ3) is 0.789. The molecule has 4 unspecified atom stereocenters. The molecule has 10 heavy (non-hydrogen) atoms. The van der Waals surface area contributed by atoms with E-state index >= 15 is 0 Å². The van der Waals surface area contributed by atoms with Crippen LogP contribution in [0.15, 0.2) is 0 Å². The summed E-state index contributed by atoms with van der Waals surface area (Å²) in [5.41, 5.74) is 0. The van der Waals surface area contributed by atoms with E-state index in [1.54, 1.807) is 0 Å². The van der Waals surface area contributed by atoms with Gasteiger partial charge in [-0.2, -0.15) is 0 Å². The van der Waals surface area contributed by atoms with E-state index in [9.17, 15) is 10.2 Å². The Bertz CT molecular complexity index is 133. The summed E-state index contributed by atoms with van der Waals surface area (Å²) < 4.78 is 0. The van der Waals surface area contributed by atoms with Gasteiger partial charge in [-0.05, 0) is 31.1 Å². The van der Waals surface area contributed by atoms with Crippen molar-refractivity contribution < 1.29 is 10.2 Å². The van der Waals surface area contributed by atoms with Crippen molar-refractivity contribution in [3.05, 3.63) is 0 Å². The third-order valence-electron chi connectivity index (χ3n) is 3.10. The van der Waals surface area contributed by atoms with E-state index in [2.05, 4.69) is 0 Å². The fraction of sp³-hybridized carbons (Fsp3) is 1.00. The van der Waals surface area contributed by atoms with Crippen molar-refractivity contribution >= 4 is 0 Å². The Balaban J connectivity index is 2.09. The molecule has 2 heteroatoms. The van der Waals surface area contributed by atoms with Crippen LogP contribution in [-0.2, 0) is 0 Å². The second-order valence-corrected chi connectivity index (χ2v) is 3.65. The lowest BCUT2D eigenvalue weighted by Crippen LogP contribution is -2.24. The van der Waals surface area contributed by atoms with Crippen LogP contribution in [0, 0.1) is 11.8 Å². The van der Waals surface area contributed by atoms with Gasteiger partial charge >= 0.3 is 0 Å². The molecule has 2 aliphatic carbocycles. The Morgan fingerprint density at radius 1 is 1.10 bits per heavy atom. The van der Waals surface area contributed by atoms with Crippen LogP contribution >= 0.6 is 0 Å². The summed E-state index contributed by atoms with van der Waals surface area (Å²) >= 11 is 0. The van der Waals surface area contributed by atoms with Gasteiger partial charge in [-0.1, -0.05) is 6.42 Å². The van der Waals surface area contributed by atoms with E-state index in [1.165, 1.54) is 12.8 Å². The molecule has 0 aliphatic heterocycles. The molecule has 0 spiro atoms. The van der Waals surface area contributed by atoms with Gasteiger partial charge in [-0.15, -0.1) is 0 Å². The van der Waals surface area contributed by atoms with Gasteiger partial charge in [-0.3, -0.25) is 0 Å². The van der Waals surface area contributed by atoms with E-state index in [1.807, 2.05) is 0 Å². The molecule has 0 amide bonds. The topological polar surface area (TPSA) is 40.5 Å². The maximum atomic E-state index is 9.42. The molecule has 2 fully saturated rings. The van der Waals surface area contributed by atoms with Crippen molar-refractivity contribution in [2.45, 2.75) is 37.9 Å². The first-order valence-electron chi connectivity index (χ1n) is 4.15. The van der Waals surface area contributed by atoms with Crippen LogP contribution in [0.25, 0.3) is 0 Å². The lowest BCUT2D eigenvalue weighted by Gasteiger charge is -2.13. The quantitative estimate of drug-likeness (QED) is 0.518. The molecular formula is C8H14O2. The number of aliphatic hydroxyl groups is 2. The van der Waals surface area contributed by atoms with Gasteiger partial charge in [0.05, 0.1) is 12.2 Å². The van der Waals surface area contributed by atoms with Gasteiger partial charge in [0.15, 0.2) is 0 Å². The zero-order valence-corrected chi connectivity index (χ0v) is 6.03. The van der Waals surface area contributed by atoms with Crippen molar-refractivity contribution in [2.75, 3.05) is 0 Å². The Morgan fingerprint density at radius 2 is 1.90 bits per heavy atom. The number of fused-ring (bicyclic) bond motifs is 1. The first-order valence-corrected chi connectivity index (χ1v) is 4.15. The van der Waals surface area contributed by atoms with Crippen LogP contribution in [0.3, 0.4) is 0 Å². The molecule has 0 radical (unpaired) electrons. The molecule has 0 bridgehead atoms. The lowest BCUT2D eigenvalue weighted by molar-refractivity contribution is 0.0197. The van der Waals surface area contributed by atoms with Gasteiger partial charge in [0.2, 0.25) is 0 Å². The Hall–Kier alpha value is -0.0800. The van der Waals surface area contributed by atoms with Crippen LogP contribution in [0.5, 0.6) is 0 Å². The molecule has 2 nitrogen and oxygen atoms in total. The summed E-state index contributed by atoms with van der Waals surface area (Å²) in [5, 5.41) is 18.7. The summed E-state index contributed by atoms with van der Waals surface area (Å²) in [5.74, 6) is 1.06. The molecule has 0 aromatic heterocycles. The van der Waals surface area contributed by atoms with Gasteiger partial charge in [-0.25, -0.2) is 0 Å². The molecule has 58 valence electrons. The minimum absolute atomic E-state index is 0.410. The van der Waals surface area contributed by atoms with Crippen molar-refractivity contribution in [1.29, 1.82) is 0 Å². The summed E-state index contributed by atoms with van der Waals surface area (Å²) in [6.07, 6.45) is 3.61. The van der Waals surface area contributed by atoms with E-state index < -0.39 is 12.2 Å². The highest BCUT2D eigenvalue weighted by atomic mass is 16.3. The van der Waals surface area contributed by atoms with Crippen molar-refractivity contribution in [3.8, 4) is 0 Å². The smallest absolute Gasteiger partial charge is 0.0829 e. The maximum absolute atomic E-state index is 9.42. The molecule has 0 aromatic rings. The Labute approximate surface area is 60.9 Å². The van der Waals surface area contributed by atoms with Crippen LogP contribution in [0.1, 0.15) is 25.7 Å². The van der Waals surface area contributed by atoms with Gasteiger partial charge in [0.1, 0.15) is 0 Å². The number of hydrogen-bond donors (Lipinski definition) is 2. The van der Waals surface area contributed by atoms with E-state index in [0.29, 0.717) is 11.8 Å². The fourth-order valence-electron chi connectivity index (χ4n) is 2.54. The highest BCUT2D eigenvalue weighted by molar-refractivity contribution is 4.94. The fourth-order valence-corrected chi connectivity index (χ4v) is 2.54. The summed E-state index contributed by atoms with van der Waals surface area (Å²) in [6, 6.07) is 0. The number of aliphatic hydroxyl groups excluding tert-OH is 2. The molecule has 2 rings (SSSR count). The lowest BCUT2D eigenvalue weighted by atomic mass is 9.99. The molecule has 0 aromatic carbocycles. The first kappa shape index (κ1) is 6.62. The van der Waals surface area contributed by atoms with Crippen LogP contribution < -0.4 is 0 Å². The average molecular weight is 142 g/mol. The SMILES string of the molecule is OC1CC2CCCC2C1O. The largest absolute Gasteiger partial charge is 0.390 e. The Morgan fingerprint density at radius 3 is 2.60 bits per heavy atom. The maximum Gasteiger partial charge on any atom is 0.0829 e. The molecule has 0 heterocycles. The summed E-state index contributed by atoms with van der Waals surface area (Å²) in [4.78, 5) is 0. The molecular weight excluding hydrogens is 128 g/mol. The molecule has 2 aliphatic rings. The van der Waals surface area contributed by atoms with Crippen LogP contribution in [0.2, 0.25) is 0 Å². The molecule has 2 saturated carbocycles.